The fraction of sp³-hybridized carbons (Fsp3) is 0.412. The molecule has 3 rings (SSSR count). The van der Waals surface area contributed by atoms with Gasteiger partial charge in [0.2, 0.25) is 0 Å². The predicted molar refractivity (Wildman–Crippen MR) is 87.5 cm³/mol. The highest BCUT2D eigenvalue weighted by Gasteiger charge is 2.30. The molecular weight excluding hydrogens is 292 g/mol. The number of carbonyl (C=O) groups excluding carboxylic acids is 1. The third-order valence-corrected chi connectivity index (χ3v) is 4.21. The fourth-order valence-corrected chi connectivity index (χ4v) is 2.98. The van der Waals surface area contributed by atoms with Crippen LogP contribution in [0.1, 0.15) is 28.9 Å². The van der Waals surface area contributed by atoms with Crippen LogP contribution in [0.5, 0.6) is 5.75 Å². The summed E-state index contributed by atoms with van der Waals surface area (Å²) in [6.07, 6.45) is 3.46. The number of hydrogen-bond acceptors (Lipinski definition) is 4. The van der Waals surface area contributed by atoms with Gasteiger partial charge in [0.15, 0.2) is 0 Å². The summed E-state index contributed by atoms with van der Waals surface area (Å²) in [5, 5.41) is 7.58. The van der Waals surface area contributed by atoms with Gasteiger partial charge in [-0.3, -0.25) is 9.48 Å². The van der Waals surface area contributed by atoms with Gasteiger partial charge < -0.3 is 15.0 Å². The van der Waals surface area contributed by atoms with E-state index >= 15 is 0 Å². The van der Waals surface area contributed by atoms with Crippen LogP contribution >= 0.6 is 0 Å². The molecule has 23 heavy (non-hydrogen) atoms. The van der Waals surface area contributed by atoms with E-state index in [1.807, 2.05) is 42.3 Å². The van der Waals surface area contributed by atoms with E-state index in [0.29, 0.717) is 18.7 Å². The summed E-state index contributed by atoms with van der Waals surface area (Å²) in [7, 11) is 1.66. The van der Waals surface area contributed by atoms with Gasteiger partial charge in [0, 0.05) is 37.9 Å². The lowest BCUT2D eigenvalue weighted by Gasteiger charge is -2.36. The molecule has 1 aliphatic rings. The first-order valence-electron chi connectivity index (χ1n) is 7.91. The lowest BCUT2D eigenvalue weighted by atomic mass is 10.0. The van der Waals surface area contributed by atoms with Crippen molar-refractivity contribution in [3.05, 3.63) is 47.8 Å². The second kappa shape index (κ2) is 6.83. The van der Waals surface area contributed by atoms with Crippen molar-refractivity contribution < 1.29 is 9.53 Å². The molecule has 0 spiro atoms. The Morgan fingerprint density at radius 3 is 3.00 bits per heavy atom. The highest BCUT2D eigenvalue weighted by Crippen LogP contribution is 2.31. The van der Waals surface area contributed by atoms with Gasteiger partial charge in [-0.15, -0.1) is 0 Å². The molecule has 2 heterocycles. The molecule has 0 bridgehead atoms. The molecule has 1 fully saturated rings. The standard InChI is InChI=1S/C17H22N4O2/c1-3-20-12-13(10-19-20)17(22)21-9-8-18-11-15(21)14-6-4-5-7-16(14)23-2/h4-7,10,12,15,18H,3,8-9,11H2,1-2H3/t15-/m1/s1. The first kappa shape index (κ1) is 15.6. The van der Waals surface area contributed by atoms with Crippen LogP contribution in [0.15, 0.2) is 36.7 Å². The smallest absolute Gasteiger partial charge is 0.257 e. The van der Waals surface area contributed by atoms with Gasteiger partial charge in [-0.2, -0.15) is 5.10 Å². The van der Waals surface area contributed by atoms with Crippen LogP contribution in [0.3, 0.4) is 0 Å². The van der Waals surface area contributed by atoms with Crippen molar-refractivity contribution in [2.24, 2.45) is 0 Å². The molecular formula is C17H22N4O2. The highest BCUT2D eigenvalue weighted by atomic mass is 16.5. The van der Waals surface area contributed by atoms with Crippen molar-refractivity contribution in [2.75, 3.05) is 26.7 Å². The molecule has 0 saturated carbocycles. The number of carbonyl (C=O) groups is 1. The minimum atomic E-state index is -0.0441. The molecule has 6 heteroatoms. The molecule has 0 radical (unpaired) electrons. The third-order valence-electron chi connectivity index (χ3n) is 4.21. The quantitative estimate of drug-likeness (QED) is 0.933. The van der Waals surface area contributed by atoms with Crippen molar-refractivity contribution >= 4 is 5.91 Å². The van der Waals surface area contributed by atoms with Crippen LogP contribution in [-0.4, -0.2) is 47.3 Å². The lowest BCUT2D eigenvalue weighted by Crippen LogP contribution is -2.48. The normalized spacial score (nSPS) is 18.0. The summed E-state index contributed by atoms with van der Waals surface area (Å²) >= 11 is 0. The number of hydrogen-bond donors (Lipinski definition) is 1. The minimum absolute atomic E-state index is 0.0158. The van der Waals surface area contributed by atoms with Gasteiger partial charge >= 0.3 is 0 Å². The van der Waals surface area contributed by atoms with Gasteiger partial charge in [-0.25, -0.2) is 0 Å². The number of benzene rings is 1. The van der Waals surface area contributed by atoms with Gasteiger partial charge in [0.1, 0.15) is 5.75 Å². The summed E-state index contributed by atoms with van der Waals surface area (Å²) in [4.78, 5) is 14.8. The number of piperazine rings is 1. The average Bonchev–Trinajstić information content (AvgIpc) is 3.10. The molecule has 6 nitrogen and oxygen atoms in total. The van der Waals surface area contributed by atoms with Crippen molar-refractivity contribution in [1.82, 2.24) is 20.0 Å². The number of rotatable bonds is 4. The van der Waals surface area contributed by atoms with Gasteiger partial charge in [0.05, 0.1) is 24.9 Å². The van der Waals surface area contributed by atoms with E-state index in [1.165, 1.54) is 0 Å². The maximum Gasteiger partial charge on any atom is 0.257 e. The first-order valence-corrected chi connectivity index (χ1v) is 7.91. The molecule has 1 aliphatic heterocycles. The number of ether oxygens (including phenoxy) is 1. The Morgan fingerprint density at radius 1 is 1.43 bits per heavy atom. The van der Waals surface area contributed by atoms with Crippen LogP contribution in [0, 0.1) is 0 Å². The number of amides is 1. The monoisotopic (exact) mass is 314 g/mol. The predicted octanol–water partition coefficient (Wildman–Crippen LogP) is 1.70. The van der Waals surface area contributed by atoms with Crippen molar-refractivity contribution in [3.8, 4) is 5.75 Å². The van der Waals surface area contributed by atoms with Crippen LogP contribution < -0.4 is 10.1 Å². The topological polar surface area (TPSA) is 59.4 Å². The first-order chi connectivity index (χ1) is 11.2. The zero-order valence-corrected chi connectivity index (χ0v) is 13.5. The maximum absolute atomic E-state index is 12.9. The third kappa shape index (κ3) is 3.07. The van der Waals surface area contributed by atoms with Gasteiger partial charge in [0.25, 0.3) is 5.91 Å². The number of para-hydroxylation sites is 1. The van der Waals surface area contributed by atoms with Gasteiger partial charge in [-0.1, -0.05) is 18.2 Å². The van der Waals surface area contributed by atoms with Crippen molar-refractivity contribution in [1.29, 1.82) is 0 Å². The maximum atomic E-state index is 12.9. The Kier molecular flexibility index (Phi) is 4.62. The molecule has 1 aromatic heterocycles. The summed E-state index contributed by atoms with van der Waals surface area (Å²) in [5.74, 6) is 0.824. The highest BCUT2D eigenvalue weighted by molar-refractivity contribution is 5.94. The molecule has 1 saturated heterocycles. The molecule has 1 aromatic carbocycles. The Labute approximate surface area is 136 Å². The zero-order chi connectivity index (χ0) is 16.2. The van der Waals surface area contributed by atoms with Crippen LogP contribution in [0.4, 0.5) is 0 Å². The SMILES string of the molecule is CCn1cc(C(=O)N2CCNC[C@@H]2c2ccccc2OC)cn1. The van der Waals surface area contributed by atoms with E-state index < -0.39 is 0 Å². The lowest BCUT2D eigenvalue weighted by molar-refractivity contribution is 0.0631. The van der Waals surface area contributed by atoms with E-state index in [-0.39, 0.29) is 11.9 Å². The summed E-state index contributed by atoms with van der Waals surface area (Å²) in [6.45, 7) is 4.93. The van der Waals surface area contributed by atoms with Crippen molar-refractivity contribution in [2.45, 2.75) is 19.5 Å². The zero-order valence-electron chi connectivity index (χ0n) is 13.5. The molecule has 1 amide bonds. The molecule has 1 atom stereocenters. The summed E-state index contributed by atoms with van der Waals surface area (Å²) in [6, 6.07) is 7.83. The Balaban J connectivity index is 1.90. The molecule has 0 aliphatic carbocycles. The Bertz CT molecular complexity index is 683. The average molecular weight is 314 g/mol. The Hall–Kier alpha value is -2.34. The minimum Gasteiger partial charge on any atom is -0.496 e. The summed E-state index contributed by atoms with van der Waals surface area (Å²) < 4.78 is 7.24. The van der Waals surface area contributed by atoms with E-state index in [9.17, 15) is 4.79 Å². The van der Waals surface area contributed by atoms with Gasteiger partial charge in [-0.05, 0) is 13.0 Å². The van der Waals surface area contributed by atoms with Crippen LogP contribution in [0.25, 0.3) is 0 Å². The number of methoxy groups -OCH3 is 1. The number of aryl methyl sites for hydroxylation is 1. The van der Waals surface area contributed by atoms with E-state index in [4.69, 9.17) is 4.74 Å². The largest absolute Gasteiger partial charge is 0.496 e. The Morgan fingerprint density at radius 2 is 2.26 bits per heavy atom. The van der Waals surface area contributed by atoms with E-state index in [1.54, 1.807) is 18.0 Å². The second-order valence-corrected chi connectivity index (χ2v) is 5.55. The van der Waals surface area contributed by atoms with Crippen molar-refractivity contribution in [3.63, 3.8) is 0 Å². The summed E-state index contributed by atoms with van der Waals surface area (Å²) in [5.41, 5.74) is 1.66. The van der Waals surface area contributed by atoms with E-state index in [0.717, 1.165) is 24.4 Å². The molecule has 122 valence electrons. The molecule has 0 unspecified atom stereocenters. The van der Waals surface area contributed by atoms with Crippen LogP contribution in [0.2, 0.25) is 0 Å². The molecule has 1 N–H and O–H groups in total. The van der Waals surface area contributed by atoms with Crippen LogP contribution in [-0.2, 0) is 6.54 Å². The number of nitrogens with zero attached hydrogens (tertiary/aromatic N) is 3. The second-order valence-electron chi connectivity index (χ2n) is 5.55. The number of aromatic nitrogens is 2. The molecule has 2 aromatic rings. The fourth-order valence-electron chi connectivity index (χ4n) is 2.98. The van der Waals surface area contributed by atoms with E-state index in [2.05, 4.69) is 10.4 Å². The number of nitrogens with one attached hydrogen (secondary N) is 1.